The van der Waals surface area contributed by atoms with E-state index in [0.717, 1.165) is 31.6 Å². The summed E-state index contributed by atoms with van der Waals surface area (Å²) in [6.45, 7) is 7.80. The Morgan fingerprint density at radius 1 is 1.28 bits per heavy atom. The van der Waals surface area contributed by atoms with Gasteiger partial charge in [0.25, 0.3) is 5.91 Å². The van der Waals surface area contributed by atoms with Crippen LogP contribution in [0.1, 0.15) is 31.9 Å². The van der Waals surface area contributed by atoms with Crippen LogP contribution in [0.2, 0.25) is 0 Å². The monoisotopic (exact) mass is 347 g/mol. The van der Waals surface area contributed by atoms with E-state index in [9.17, 15) is 9.59 Å². The molecule has 2 amide bonds. The van der Waals surface area contributed by atoms with Crippen LogP contribution in [-0.2, 0) is 14.3 Å². The molecule has 1 aliphatic heterocycles. The number of carbonyl (C=O) groups is 2. The van der Waals surface area contributed by atoms with Crippen molar-refractivity contribution in [3.63, 3.8) is 0 Å². The molecule has 1 saturated heterocycles. The molecule has 1 aliphatic rings. The molecule has 2 atom stereocenters. The number of hydrogen-bond donors (Lipinski definition) is 1. The molecule has 0 spiro atoms. The summed E-state index contributed by atoms with van der Waals surface area (Å²) in [5.41, 5.74) is 0.904. The predicted octanol–water partition coefficient (Wildman–Crippen LogP) is 1.43. The normalized spacial score (nSPS) is 20.8. The van der Waals surface area contributed by atoms with Crippen molar-refractivity contribution in [3.05, 3.63) is 35.9 Å². The molecule has 25 heavy (non-hydrogen) atoms. The van der Waals surface area contributed by atoms with Gasteiger partial charge in [0.05, 0.1) is 6.04 Å². The number of ether oxygens (including phenoxy) is 1. The molecule has 0 bridgehead atoms. The van der Waals surface area contributed by atoms with E-state index in [-0.39, 0.29) is 18.4 Å². The smallest absolute Gasteiger partial charge is 0.251 e. The third-order valence-electron chi connectivity index (χ3n) is 4.73. The fourth-order valence-electron chi connectivity index (χ4n) is 3.13. The lowest BCUT2D eigenvalue weighted by Crippen LogP contribution is -2.53. The summed E-state index contributed by atoms with van der Waals surface area (Å²) in [4.78, 5) is 28.6. The summed E-state index contributed by atoms with van der Waals surface area (Å²) in [6, 6.07) is 9.17. The molecule has 0 unspecified atom stereocenters. The van der Waals surface area contributed by atoms with Gasteiger partial charge in [-0.1, -0.05) is 44.2 Å². The number of nitrogens with zero attached hydrogens (tertiary/aromatic N) is 2. The standard InChI is InChI=1S/C19H29N3O3/c1-4-22(5-2)13-9-12-20-19(24)18-17(15-10-7-6-8-11-15)21(3)16(23)14-25-18/h6-8,10-11,17-18H,4-5,9,12-14H2,1-3H3,(H,20,24)/t17-,18-/m0/s1. The van der Waals surface area contributed by atoms with E-state index in [0.29, 0.717) is 6.54 Å². The average Bonchev–Trinajstić information content (AvgIpc) is 2.64. The lowest BCUT2D eigenvalue weighted by molar-refractivity contribution is -0.162. The SMILES string of the molecule is CCN(CC)CCCNC(=O)[C@H]1OCC(=O)N(C)[C@H]1c1ccccc1. The van der Waals surface area contributed by atoms with Crippen LogP contribution in [0, 0.1) is 0 Å². The van der Waals surface area contributed by atoms with Crippen LogP contribution in [0.3, 0.4) is 0 Å². The predicted molar refractivity (Wildman–Crippen MR) is 97.1 cm³/mol. The second kappa shape index (κ2) is 9.53. The van der Waals surface area contributed by atoms with Gasteiger partial charge in [-0.15, -0.1) is 0 Å². The summed E-state index contributed by atoms with van der Waals surface area (Å²) in [7, 11) is 1.73. The van der Waals surface area contributed by atoms with E-state index in [1.807, 2.05) is 30.3 Å². The zero-order valence-corrected chi connectivity index (χ0v) is 15.4. The second-order valence-corrected chi connectivity index (χ2v) is 6.26. The van der Waals surface area contributed by atoms with Gasteiger partial charge in [0.1, 0.15) is 6.61 Å². The van der Waals surface area contributed by atoms with Crippen molar-refractivity contribution in [2.24, 2.45) is 0 Å². The molecular weight excluding hydrogens is 318 g/mol. The van der Waals surface area contributed by atoms with E-state index < -0.39 is 12.1 Å². The maximum absolute atomic E-state index is 12.6. The molecule has 0 aromatic heterocycles. The highest BCUT2D eigenvalue weighted by atomic mass is 16.5. The molecule has 6 heteroatoms. The highest BCUT2D eigenvalue weighted by Crippen LogP contribution is 2.28. The highest BCUT2D eigenvalue weighted by molar-refractivity contribution is 5.86. The van der Waals surface area contributed by atoms with Gasteiger partial charge < -0.3 is 19.9 Å². The number of nitrogens with one attached hydrogen (secondary N) is 1. The summed E-state index contributed by atoms with van der Waals surface area (Å²) in [6.07, 6.45) is 0.212. The van der Waals surface area contributed by atoms with E-state index in [2.05, 4.69) is 24.1 Å². The van der Waals surface area contributed by atoms with Crippen molar-refractivity contribution in [2.75, 3.05) is 39.8 Å². The number of rotatable bonds is 8. The quantitative estimate of drug-likeness (QED) is 0.723. The first-order valence-corrected chi connectivity index (χ1v) is 9.00. The molecule has 1 aromatic rings. The van der Waals surface area contributed by atoms with Crippen molar-refractivity contribution < 1.29 is 14.3 Å². The molecule has 1 heterocycles. The Balaban J connectivity index is 1.97. The van der Waals surface area contributed by atoms with Crippen molar-refractivity contribution in [2.45, 2.75) is 32.4 Å². The first kappa shape index (κ1) is 19.4. The van der Waals surface area contributed by atoms with Gasteiger partial charge in [-0.2, -0.15) is 0 Å². The molecule has 0 aliphatic carbocycles. The number of morpholine rings is 1. The Morgan fingerprint density at radius 2 is 1.96 bits per heavy atom. The molecule has 138 valence electrons. The average molecular weight is 347 g/mol. The van der Waals surface area contributed by atoms with Gasteiger partial charge >= 0.3 is 0 Å². The van der Waals surface area contributed by atoms with Crippen LogP contribution in [0.5, 0.6) is 0 Å². The molecule has 1 N–H and O–H groups in total. The van der Waals surface area contributed by atoms with Crippen molar-refractivity contribution in [1.82, 2.24) is 15.1 Å². The van der Waals surface area contributed by atoms with Gasteiger partial charge in [-0.25, -0.2) is 0 Å². The van der Waals surface area contributed by atoms with Crippen LogP contribution in [0.15, 0.2) is 30.3 Å². The molecule has 0 saturated carbocycles. The van der Waals surface area contributed by atoms with E-state index >= 15 is 0 Å². The number of hydrogen-bond acceptors (Lipinski definition) is 4. The summed E-state index contributed by atoms with van der Waals surface area (Å²) < 4.78 is 5.60. The van der Waals surface area contributed by atoms with E-state index in [1.54, 1.807) is 11.9 Å². The topological polar surface area (TPSA) is 61.9 Å². The van der Waals surface area contributed by atoms with Crippen LogP contribution in [0.25, 0.3) is 0 Å². The minimum atomic E-state index is -0.682. The van der Waals surface area contributed by atoms with Gasteiger partial charge in [-0.05, 0) is 31.6 Å². The summed E-state index contributed by atoms with van der Waals surface area (Å²) in [5, 5.41) is 2.96. The minimum Gasteiger partial charge on any atom is -0.356 e. The Bertz CT molecular complexity index is 560. The van der Waals surface area contributed by atoms with Gasteiger partial charge in [0.15, 0.2) is 6.10 Å². The van der Waals surface area contributed by atoms with Gasteiger partial charge in [-0.3, -0.25) is 9.59 Å². The third kappa shape index (κ3) is 5.03. The van der Waals surface area contributed by atoms with Crippen LogP contribution >= 0.6 is 0 Å². The second-order valence-electron chi connectivity index (χ2n) is 6.26. The van der Waals surface area contributed by atoms with Crippen LogP contribution < -0.4 is 5.32 Å². The molecular formula is C19H29N3O3. The Kier molecular flexibility index (Phi) is 7.40. The van der Waals surface area contributed by atoms with Crippen LogP contribution in [0.4, 0.5) is 0 Å². The Labute approximate surface area is 150 Å². The maximum Gasteiger partial charge on any atom is 0.251 e. The van der Waals surface area contributed by atoms with E-state index in [4.69, 9.17) is 4.74 Å². The minimum absolute atomic E-state index is 0.0582. The summed E-state index contributed by atoms with van der Waals surface area (Å²) in [5.74, 6) is -0.271. The molecule has 0 radical (unpaired) electrons. The molecule has 6 nitrogen and oxygen atoms in total. The largest absolute Gasteiger partial charge is 0.356 e. The summed E-state index contributed by atoms with van der Waals surface area (Å²) >= 11 is 0. The number of amides is 2. The van der Waals surface area contributed by atoms with Crippen LogP contribution in [-0.4, -0.2) is 67.6 Å². The van der Waals surface area contributed by atoms with Gasteiger partial charge in [0, 0.05) is 13.6 Å². The number of benzene rings is 1. The zero-order valence-electron chi connectivity index (χ0n) is 15.4. The lowest BCUT2D eigenvalue weighted by Gasteiger charge is -2.38. The zero-order chi connectivity index (χ0) is 18.2. The Hall–Kier alpha value is -1.92. The molecule has 2 rings (SSSR count). The number of carbonyl (C=O) groups excluding carboxylic acids is 2. The first-order chi connectivity index (χ1) is 12.1. The lowest BCUT2D eigenvalue weighted by atomic mass is 9.97. The first-order valence-electron chi connectivity index (χ1n) is 9.00. The van der Waals surface area contributed by atoms with Crippen molar-refractivity contribution >= 4 is 11.8 Å². The highest BCUT2D eigenvalue weighted by Gasteiger charge is 2.39. The van der Waals surface area contributed by atoms with Gasteiger partial charge in [0.2, 0.25) is 5.91 Å². The fraction of sp³-hybridized carbons (Fsp3) is 0.579. The maximum atomic E-state index is 12.6. The fourth-order valence-corrected chi connectivity index (χ4v) is 3.13. The number of likely N-dealkylation sites (N-methyl/N-ethyl adjacent to an activating group) is 1. The molecule has 1 aromatic carbocycles. The molecule has 1 fully saturated rings. The van der Waals surface area contributed by atoms with Crippen molar-refractivity contribution in [1.29, 1.82) is 0 Å². The van der Waals surface area contributed by atoms with E-state index in [1.165, 1.54) is 0 Å². The van der Waals surface area contributed by atoms with Crippen molar-refractivity contribution in [3.8, 4) is 0 Å². The third-order valence-corrected chi connectivity index (χ3v) is 4.73. The Morgan fingerprint density at radius 3 is 2.60 bits per heavy atom.